The lowest BCUT2D eigenvalue weighted by Gasteiger charge is -2.27. The fraction of sp³-hybridized carbons (Fsp3) is 1.00. The first-order chi connectivity index (χ1) is 7.97. The monoisotopic (exact) mass is 241 g/mol. The van der Waals surface area contributed by atoms with Crippen LogP contribution in [0.25, 0.3) is 0 Å². The van der Waals surface area contributed by atoms with Gasteiger partial charge in [0.25, 0.3) is 0 Å². The van der Waals surface area contributed by atoms with Crippen LogP contribution in [0.1, 0.15) is 66.2 Å². The van der Waals surface area contributed by atoms with Crippen LogP contribution < -0.4 is 5.32 Å². The third-order valence-corrected chi connectivity index (χ3v) is 3.47. The van der Waals surface area contributed by atoms with E-state index in [1.165, 1.54) is 38.5 Å². The molecule has 0 aromatic carbocycles. The van der Waals surface area contributed by atoms with Gasteiger partial charge in [-0.2, -0.15) is 0 Å². The fourth-order valence-electron chi connectivity index (χ4n) is 2.47. The van der Waals surface area contributed by atoms with Crippen LogP contribution in [-0.2, 0) is 4.74 Å². The number of hydrogen-bond acceptors (Lipinski definition) is 2. The first-order valence-electron chi connectivity index (χ1n) is 7.34. The second-order valence-corrected chi connectivity index (χ2v) is 6.65. The Bertz CT molecular complexity index is 198. The summed E-state index contributed by atoms with van der Waals surface area (Å²) in [6.45, 7) is 11.0. The summed E-state index contributed by atoms with van der Waals surface area (Å²) in [7, 11) is 0. The van der Waals surface area contributed by atoms with Gasteiger partial charge in [0.05, 0.1) is 6.10 Å². The van der Waals surface area contributed by atoms with Crippen molar-refractivity contribution in [3.63, 3.8) is 0 Å². The predicted molar refractivity (Wildman–Crippen MR) is 74.4 cm³/mol. The van der Waals surface area contributed by atoms with Crippen molar-refractivity contribution in [3.05, 3.63) is 0 Å². The average molecular weight is 241 g/mol. The molecule has 0 radical (unpaired) electrons. The molecule has 0 spiro atoms. The Hall–Kier alpha value is -0.0800. The maximum Gasteiger partial charge on any atom is 0.0577 e. The second kappa shape index (κ2) is 7.38. The Morgan fingerprint density at radius 2 is 1.94 bits per heavy atom. The summed E-state index contributed by atoms with van der Waals surface area (Å²) in [4.78, 5) is 0. The molecule has 0 aromatic heterocycles. The molecule has 1 saturated carbocycles. The van der Waals surface area contributed by atoms with Crippen molar-refractivity contribution in [3.8, 4) is 0 Å². The second-order valence-electron chi connectivity index (χ2n) is 6.65. The number of unbranched alkanes of at least 4 members (excludes halogenated alkanes) is 1. The summed E-state index contributed by atoms with van der Waals surface area (Å²) in [5.74, 6) is 0.872. The van der Waals surface area contributed by atoms with Gasteiger partial charge in [-0.25, -0.2) is 0 Å². The molecule has 102 valence electrons. The van der Waals surface area contributed by atoms with Crippen LogP contribution in [-0.4, -0.2) is 24.8 Å². The molecule has 0 aliphatic heterocycles. The standard InChI is InChI=1S/C15H31NO/c1-13-8-7-9-14(12-13)17-11-6-5-10-16-15(2,3)4/h13-14,16H,5-12H2,1-4H3. The minimum atomic E-state index is 0.250. The SMILES string of the molecule is CC1CCCC(OCCCCNC(C)(C)C)C1. The number of nitrogens with one attached hydrogen (secondary N) is 1. The van der Waals surface area contributed by atoms with Crippen molar-refractivity contribution >= 4 is 0 Å². The highest BCUT2D eigenvalue weighted by Crippen LogP contribution is 2.25. The van der Waals surface area contributed by atoms with E-state index in [0.29, 0.717) is 6.10 Å². The molecule has 0 aromatic rings. The Balaban J connectivity index is 1.93. The van der Waals surface area contributed by atoms with Crippen molar-refractivity contribution < 1.29 is 4.74 Å². The van der Waals surface area contributed by atoms with Crippen LogP contribution in [0.4, 0.5) is 0 Å². The van der Waals surface area contributed by atoms with E-state index in [2.05, 4.69) is 33.0 Å². The van der Waals surface area contributed by atoms with Crippen molar-refractivity contribution in [2.45, 2.75) is 77.9 Å². The van der Waals surface area contributed by atoms with E-state index in [1.54, 1.807) is 0 Å². The molecule has 1 aliphatic rings. The van der Waals surface area contributed by atoms with Crippen LogP contribution >= 0.6 is 0 Å². The molecule has 0 saturated heterocycles. The zero-order valence-electron chi connectivity index (χ0n) is 12.2. The molecule has 2 nitrogen and oxygen atoms in total. The van der Waals surface area contributed by atoms with Gasteiger partial charge in [0.1, 0.15) is 0 Å². The van der Waals surface area contributed by atoms with Crippen LogP contribution in [0.5, 0.6) is 0 Å². The van der Waals surface area contributed by atoms with Gasteiger partial charge in [0.15, 0.2) is 0 Å². The van der Waals surface area contributed by atoms with Crippen molar-refractivity contribution in [2.75, 3.05) is 13.2 Å². The molecule has 2 heteroatoms. The largest absolute Gasteiger partial charge is 0.378 e. The lowest BCUT2D eigenvalue weighted by atomic mass is 9.89. The summed E-state index contributed by atoms with van der Waals surface area (Å²) in [6.07, 6.45) is 8.28. The number of rotatable bonds is 6. The molecule has 2 atom stereocenters. The Morgan fingerprint density at radius 3 is 2.59 bits per heavy atom. The quantitative estimate of drug-likeness (QED) is 0.715. The van der Waals surface area contributed by atoms with Gasteiger partial charge in [-0.05, 0) is 58.9 Å². The molecule has 1 N–H and O–H groups in total. The zero-order valence-corrected chi connectivity index (χ0v) is 12.2. The average Bonchev–Trinajstić information content (AvgIpc) is 2.22. The fourth-order valence-corrected chi connectivity index (χ4v) is 2.47. The molecule has 1 aliphatic carbocycles. The Labute approximate surface area is 108 Å². The van der Waals surface area contributed by atoms with E-state index >= 15 is 0 Å². The minimum Gasteiger partial charge on any atom is -0.378 e. The highest BCUT2D eigenvalue weighted by molar-refractivity contribution is 4.71. The van der Waals surface area contributed by atoms with Crippen LogP contribution in [0.3, 0.4) is 0 Å². The van der Waals surface area contributed by atoms with E-state index in [1.807, 2.05) is 0 Å². The smallest absolute Gasteiger partial charge is 0.0577 e. The van der Waals surface area contributed by atoms with Gasteiger partial charge in [-0.3, -0.25) is 0 Å². The van der Waals surface area contributed by atoms with Gasteiger partial charge in [0, 0.05) is 12.1 Å². The summed E-state index contributed by atoms with van der Waals surface area (Å²) < 4.78 is 5.96. The maximum absolute atomic E-state index is 5.96. The third-order valence-electron chi connectivity index (χ3n) is 3.47. The van der Waals surface area contributed by atoms with Gasteiger partial charge in [-0.15, -0.1) is 0 Å². The van der Waals surface area contributed by atoms with E-state index in [0.717, 1.165) is 19.1 Å². The highest BCUT2D eigenvalue weighted by Gasteiger charge is 2.18. The predicted octanol–water partition coefficient (Wildman–Crippen LogP) is 3.75. The highest BCUT2D eigenvalue weighted by atomic mass is 16.5. The number of ether oxygens (including phenoxy) is 1. The first-order valence-corrected chi connectivity index (χ1v) is 7.34. The molecule has 1 fully saturated rings. The molecule has 0 amide bonds. The molecule has 17 heavy (non-hydrogen) atoms. The molecule has 0 bridgehead atoms. The summed E-state index contributed by atoms with van der Waals surface area (Å²) >= 11 is 0. The zero-order chi connectivity index (χ0) is 12.7. The molecule has 2 unspecified atom stereocenters. The van der Waals surface area contributed by atoms with Crippen LogP contribution in [0, 0.1) is 5.92 Å². The normalized spacial score (nSPS) is 26.1. The Kier molecular flexibility index (Phi) is 6.50. The summed E-state index contributed by atoms with van der Waals surface area (Å²) in [6, 6.07) is 0. The maximum atomic E-state index is 5.96. The van der Waals surface area contributed by atoms with E-state index in [4.69, 9.17) is 4.74 Å². The van der Waals surface area contributed by atoms with Gasteiger partial charge in [0.2, 0.25) is 0 Å². The summed E-state index contributed by atoms with van der Waals surface area (Å²) in [5, 5.41) is 3.51. The summed E-state index contributed by atoms with van der Waals surface area (Å²) in [5.41, 5.74) is 0.250. The lowest BCUT2D eigenvalue weighted by molar-refractivity contribution is 0.0138. The van der Waals surface area contributed by atoms with Gasteiger partial charge >= 0.3 is 0 Å². The van der Waals surface area contributed by atoms with Crippen LogP contribution in [0.15, 0.2) is 0 Å². The minimum absolute atomic E-state index is 0.250. The lowest BCUT2D eigenvalue weighted by Crippen LogP contribution is -2.36. The Morgan fingerprint density at radius 1 is 1.18 bits per heavy atom. The molecular formula is C15H31NO. The molecule has 1 rings (SSSR count). The molecule has 0 heterocycles. The van der Waals surface area contributed by atoms with Crippen molar-refractivity contribution in [2.24, 2.45) is 5.92 Å². The van der Waals surface area contributed by atoms with Crippen LogP contribution in [0.2, 0.25) is 0 Å². The first kappa shape index (κ1) is 15.0. The van der Waals surface area contributed by atoms with Crippen molar-refractivity contribution in [1.82, 2.24) is 5.32 Å². The third kappa shape index (κ3) is 7.77. The van der Waals surface area contributed by atoms with E-state index in [9.17, 15) is 0 Å². The number of hydrogen-bond donors (Lipinski definition) is 1. The topological polar surface area (TPSA) is 21.3 Å². The van der Waals surface area contributed by atoms with Gasteiger partial charge < -0.3 is 10.1 Å². The van der Waals surface area contributed by atoms with E-state index < -0.39 is 0 Å². The van der Waals surface area contributed by atoms with Crippen molar-refractivity contribution in [1.29, 1.82) is 0 Å². The van der Waals surface area contributed by atoms with Gasteiger partial charge in [-0.1, -0.05) is 19.8 Å². The molecular weight excluding hydrogens is 210 g/mol. The van der Waals surface area contributed by atoms with E-state index in [-0.39, 0.29) is 5.54 Å².